The van der Waals surface area contributed by atoms with Crippen LogP contribution in [0.5, 0.6) is 0 Å². The maximum atomic E-state index is 6.82. The lowest BCUT2D eigenvalue weighted by Crippen LogP contribution is -2.00. The molecule has 0 aliphatic rings. The van der Waals surface area contributed by atoms with E-state index in [9.17, 15) is 0 Å². The van der Waals surface area contributed by atoms with E-state index in [2.05, 4.69) is 296 Å². The Kier molecular flexibility index (Phi) is 16.7. The van der Waals surface area contributed by atoms with E-state index in [-0.39, 0.29) is 0 Å². The number of hydrogen-bond donors (Lipinski definition) is 0. The molecule has 111 heavy (non-hydrogen) atoms. The molecule has 0 radical (unpaired) electrons. The van der Waals surface area contributed by atoms with Gasteiger partial charge in [-0.2, -0.15) is 0 Å². The highest BCUT2D eigenvalue weighted by molar-refractivity contribution is 6.17. The topological polar surface area (TPSA) is 109 Å². The van der Waals surface area contributed by atoms with Crippen LogP contribution in [0.1, 0.15) is 0 Å². The maximum Gasteiger partial charge on any atom is 0.164 e. The Morgan fingerprint density at radius 3 is 0.973 bits per heavy atom. The highest BCUT2D eigenvalue weighted by atomic mass is 16.3. The number of rotatable bonds is 13. The van der Waals surface area contributed by atoms with E-state index < -0.39 is 0 Å². The number of benzene rings is 16. The molecular weight excluding hydrogens is 1360 g/mol. The fourth-order valence-electron chi connectivity index (χ4n) is 15.4. The molecule has 520 valence electrons. The van der Waals surface area contributed by atoms with Crippen LogP contribution < -0.4 is 0 Å². The minimum Gasteiger partial charge on any atom is -0.455 e. The minimum atomic E-state index is 0.586. The number of furan rings is 2. The predicted molar refractivity (Wildman–Crippen MR) is 454 cm³/mol. The van der Waals surface area contributed by atoms with Gasteiger partial charge < -0.3 is 13.4 Å². The molecule has 0 bridgehead atoms. The average Bonchev–Trinajstić information content (AvgIpc) is 1.63. The normalized spacial score (nSPS) is 11.4. The summed E-state index contributed by atoms with van der Waals surface area (Å²) in [7, 11) is 0. The van der Waals surface area contributed by atoms with Crippen LogP contribution in [0.15, 0.2) is 403 Å². The molecule has 0 aliphatic heterocycles. The third-order valence-electron chi connectivity index (χ3n) is 20.9. The van der Waals surface area contributed by atoms with Crippen molar-refractivity contribution in [2.24, 2.45) is 0 Å². The highest BCUT2D eigenvalue weighted by Crippen LogP contribution is 2.45. The lowest BCUT2D eigenvalue weighted by atomic mass is 9.98. The maximum absolute atomic E-state index is 6.82. The molecular formula is C102H65N7O2. The first-order valence-corrected chi connectivity index (χ1v) is 37.2. The minimum absolute atomic E-state index is 0.586. The van der Waals surface area contributed by atoms with Gasteiger partial charge in [0.2, 0.25) is 0 Å². The van der Waals surface area contributed by atoms with Crippen LogP contribution in [0.4, 0.5) is 0 Å². The largest absolute Gasteiger partial charge is 0.455 e. The summed E-state index contributed by atoms with van der Waals surface area (Å²) in [5, 5.41) is 6.37. The molecule has 0 amide bonds. The summed E-state index contributed by atoms with van der Waals surface area (Å²) in [5.41, 5.74) is 25.7. The molecule has 9 nitrogen and oxygen atoms in total. The van der Waals surface area contributed by atoms with Gasteiger partial charge in [-0.3, -0.25) is 0 Å². The Labute approximate surface area is 640 Å². The fraction of sp³-hybridized carbons (Fsp3) is 0. The fourth-order valence-corrected chi connectivity index (χ4v) is 15.4. The van der Waals surface area contributed by atoms with Crippen LogP contribution in [0.3, 0.4) is 0 Å². The molecule has 0 aliphatic carbocycles. The quantitative estimate of drug-likeness (QED) is 0.112. The van der Waals surface area contributed by atoms with Crippen LogP contribution >= 0.6 is 0 Å². The van der Waals surface area contributed by atoms with E-state index in [4.69, 9.17) is 38.7 Å². The summed E-state index contributed by atoms with van der Waals surface area (Å²) in [4.78, 5) is 30.6. The molecule has 0 atom stereocenters. The molecule has 21 rings (SSSR count). The Morgan fingerprint density at radius 2 is 0.486 bits per heavy atom. The first kappa shape index (κ1) is 65.5. The summed E-state index contributed by atoms with van der Waals surface area (Å²) >= 11 is 0. The molecule has 0 fully saturated rings. The monoisotopic (exact) mass is 1420 g/mol. The van der Waals surface area contributed by atoms with Crippen LogP contribution in [-0.2, 0) is 0 Å². The van der Waals surface area contributed by atoms with Gasteiger partial charge in [0.25, 0.3) is 0 Å². The van der Waals surface area contributed by atoms with Gasteiger partial charge in [0.1, 0.15) is 22.3 Å². The van der Waals surface area contributed by atoms with Crippen molar-refractivity contribution < 1.29 is 8.83 Å². The SMILES string of the molecule is c1ccc(-c2ccc(-c3ccc(-c4nc(-c5ccccc5)nc(-c5cccc6oc7c(-c8ccc9c(c8)c8ccccc8n9-c8ccccc8)cccc7c56)n4)cc3)cc2)cc1.c1ccc(-c2ccc(-c3cccc4c3oc3cccc(-c5nc(-c6ccccc6)nc(-c6cccc(-c7ccccc7)c6)n5)c34)cc2)cc1. The summed E-state index contributed by atoms with van der Waals surface area (Å²) < 4.78 is 15.8. The summed E-state index contributed by atoms with van der Waals surface area (Å²) in [5.74, 6) is 3.64. The second-order valence-electron chi connectivity index (χ2n) is 27.6. The van der Waals surface area contributed by atoms with Gasteiger partial charge in [-0.15, -0.1) is 0 Å². The second kappa shape index (κ2) is 28.3. The van der Waals surface area contributed by atoms with Crippen LogP contribution in [0.25, 0.3) is 206 Å². The van der Waals surface area contributed by atoms with Crippen molar-refractivity contribution >= 4 is 65.7 Å². The van der Waals surface area contributed by atoms with Crippen LogP contribution in [-0.4, -0.2) is 34.5 Å². The van der Waals surface area contributed by atoms with E-state index in [1.54, 1.807) is 0 Å². The molecule has 9 heteroatoms. The number of aromatic nitrogens is 7. The van der Waals surface area contributed by atoms with Gasteiger partial charge in [0.15, 0.2) is 34.9 Å². The smallest absolute Gasteiger partial charge is 0.164 e. The highest BCUT2D eigenvalue weighted by Gasteiger charge is 2.24. The lowest BCUT2D eigenvalue weighted by Gasteiger charge is -2.10. The summed E-state index contributed by atoms with van der Waals surface area (Å²) in [6, 6.07) is 137. The van der Waals surface area contributed by atoms with Crippen molar-refractivity contribution in [2.75, 3.05) is 0 Å². The van der Waals surface area contributed by atoms with Crippen LogP contribution in [0, 0.1) is 0 Å². The van der Waals surface area contributed by atoms with Gasteiger partial charge in [-0.25, -0.2) is 29.9 Å². The number of para-hydroxylation sites is 4. The van der Waals surface area contributed by atoms with Crippen molar-refractivity contribution in [3.63, 3.8) is 0 Å². The Hall–Kier alpha value is -15.1. The van der Waals surface area contributed by atoms with Crippen molar-refractivity contribution in [3.8, 4) is 141 Å². The van der Waals surface area contributed by atoms with E-state index in [1.165, 1.54) is 38.5 Å². The molecule has 21 aromatic rings. The Balaban J connectivity index is 0.000000149. The molecule has 16 aromatic carbocycles. The standard InChI is InChI=1S/C57H36N4O.C45H29N3O/c1-4-14-37(15-5-1)38-26-28-39(29-27-38)40-30-32-42(33-31-40)56-58-55(41-16-6-2-7-17-41)59-57(60-56)48-23-13-25-52-53(48)47-22-12-21-45(54(47)62-52)43-34-35-51-49(36-43)46-20-10-11-24-50(46)61(51)44-18-8-3-9-19-44;1-4-13-30(14-5-1)32-25-27-33(28-26-32)37-21-11-22-38-41-39(23-12-24-40(41)49-42(37)38)45-47-43(34-17-8-3-9-18-34)46-44(48-45)36-20-10-19-35(29-36)31-15-6-2-7-16-31/h1-36H;1-29H. The summed E-state index contributed by atoms with van der Waals surface area (Å²) in [6.07, 6.45) is 0. The first-order valence-electron chi connectivity index (χ1n) is 37.2. The van der Waals surface area contributed by atoms with Gasteiger partial charge in [0, 0.05) is 82.5 Å². The summed E-state index contributed by atoms with van der Waals surface area (Å²) in [6.45, 7) is 0. The number of hydrogen-bond acceptors (Lipinski definition) is 8. The number of fused-ring (bicyclic) bond motifs is 9. The van der Waals surface area contributed by atoms with Gasteiger partial charge in [-0.1, -0.05) is 346 Å². The molecule has 0 saturated heterocycles. The van der Waals surface area contributed by atoms with Crippen LogP contribution in [0.2, 0.25) is 0 Å². The molecule has 0 saturated carbocycles. The Bertz CT molecular complexity index is 7010. The average molecular weight is 1420 g/mol. The van der Waals surface area contributed by atoms with Crippen molar-refractivity contribution in [1.29, 1.82) is 0 Å². The molecule has 0 unspecified atom stereocenters. The molecule has 5 heterocycles. The number of nitrogens with zero attached hydrogens (tertiary/aromatic N) is 7. The van der Waals surface area contributed by atoms with Crippen molar-refractivity contribution in [1.82, 2.24) is 34.5 Å². The molecule has 0 N–H and O–H groups in total. The predicted octanol–water partition coefficient (Wildman–Crippen LogP) is 26.6. The molecule has 0 spiro atoms. The molecule has 5 aromatic heterocycles. The zero-order valence-corrected chi connectivity index (χ0v) is 60.0. The van der Waals surface area contributed by atoms with E-state index >= 15 is 0 Å². The van der Waals surface area contributed by atoms with Gasteiger partial charge in [-0.05, 0) is 104 Å². The van der Waals surface area contributed by atoms with E-state index in [0.717, 1.165) is 133 Å². The van der Waals surface area contributed by atoms with E-state index in [0.29, 0.717) is 34.9 Å². The third-order valence-corrected chi connectivity index (χ3v) is 20.9. The zero-order valence-electron chi connectivity index (χ0n) is 60.0. The zero-order chi connectivity index (χ0) is 73.6. The lowest BCUT2D eigenvalue weighted by molar-refractivity contribution is 0.669. The van der Waals surface area contributed by atoms with Crippen molar-refractivity contribution in [3.05, 3.63) is 394 Å². The third kappa shape index (κ3) is 12.4. The van der Waals surface area contributed by atoms with Gasteiger partial charge >= 0.3 is 0 Å². The second-order valence-corrected chi connectivity index (χ2v) is 27.6. The van der Waals surface area contributed by atoms with Gasteiger partial charge in [0.05, 0.1) is 11.0 Å². The Morgan fingerprint density at radius 1 is 0.180 bits per heavy atom. The van der Waals surface area contributed by atoms with Crippen molar-refractivity contribution in [2.45, 2.75) is 0 Å². The van der Waals surface area contributed by atoms with E-state index in [1.807, 2.05) is 103 Å². The first-order chi connectivity index (χ1) is 55.0.